The molecular weight excluding hydrogens is 342 g/mol. The van der Waals surface area contributed by atoms with Crippen molar-refractivity contribution in [3.63, 3.8) is 0 Å². The van der Waals surface area contributed by atoms with E-state index in [-0.39, 0.29) is 24.0 Å². The van der Waals surface area contributed by atoms with Crippen molar-refractivity contribution in [3.8, 4) is 0 Å². The number of amides is 1. The largest absolute Gasteiger partial charge is 0.315 e. The number of rotatable bonds is 3. The first-order valence-electron chi connectivity index (χ1n) is 6.22. The van der Waals surface area contributed by atoms with Gasteiger partial charge in [-0.3, -0.25) is 4.79 Å². The van der Waals surface area contributed by atoms with Crippen LogP contribution < -0.4 is 4.90 Å². The second kappa shape index (κ2) is 5.69. The maximum atomic E-state index is 12.2. The fraction of sp³-hybridized carbons (Fsp3) is 0.357. The summed E-state index contributed by atoms with van der Waals surface area (Å²) in [6.07, 6.45) is 1.82. The summed E-state index contributed by atoms with van der Waals surface area (Å²) in [6, 6.07) is 5.70. The Balaban J connectivity index is 2.08. The molecule has 0 saturated carbocycles. The summed E-state index contributed by atoms with van der Waals surface area (Å²) in [5.41, 5.74) is 1.83. The molecule has 0 aromatic heterocycles. The zero-order valence-corrected chi connectivity index (χ0v) is 13.7. The zero-order valence-electron chi connectivity index (χ0n) is 11.3. The molecule has 108 valence electrons. The van der Waals surface area contributed by atoms with E-state index in [1.54, 1.807) is 18.0 Å². The molecule has 20 heavy (non-hydrogen) atoms. The Bertz CT molecular complexity index is 667. The van der Waals surface area contributed by atoms with Crippen LogP contribution in [0, 0.1) is 12.8 Å². The molecule has 1 heterocycles. The van der Waals surface area contributed by atoms with Crippen LogP contribution in [0.2, 0.25) is 0 Å². The molecule has 0 N–H and O–H groups in total. The van der Waals surface area contributed by atoms with Crippen LogP contribution >= 0.6 is 15.9 Å². The molecule has 1 amide bonds. The van der Waals surface area contributed by atoms with E-state index in [9.17, 15) is 13.2 Å². The Morgan fingerprint density at radius 2 is 2.15 bits per heavy atom. The lowest BCUT2D eigenvalue weighted by Crippen LogP contribution is -2.29. The minimum Gasteiger partial charge on any atom is -0.315 e. The van der Waals surface area contributed by atoms with Crippen LogP contribution in [0.1, 0.15) is 12.0 Å². The van der Waals surface area contributed by atoms with Crippen molar-refractivity contribution in [2.75, 3.05) is 17.7 Å². The van der Waals surface area contributed by atoms with Gasteiger partial charge in [0.15, 0.2) is 9.84 Å². The number of halogens is 1. The minimum absolute atomic E-state index is 0.0336. The smallest absolute Gasteiger partial charge is 0.227 e. The lowest BCUT2D eigenvalue weighted by molar-refractivity contribution is -0.118. The van der Waals surface area contributed by atoms with E-state index in [0.717, 1.165) is 15.7 Å². The second-order valence-electron chi connectivity index (χ2n) is 5.01. The monoisotopic (exact) mass is 357 g/mol. The molecule has 1 aromatic rings. The Morgan fingerprint density at radius 1 is 1.45 bits per heavy atom. The van der Waals surface area contributed by atoms with Gasteiger partial charge in [-0.2, -0.15) is 0 Å². The summed E-state index contributed by atoms with van der Waals surface area (Å²) < 4.78 is 23.6. The highest BCUT2D eigenvalue weighted by Crippen LogP contribution is 2.25. The van der Waals surface area contributed by atoms with E-state index in [0.29, 0.717) is 0 Å². The Hall–Kier alpha value is -1.14. The molecular formula is C14H16BrNO3S. The van der Waals surface area contributed by atoms with E-state index in [1.807, 2.05) is 25.1 Å². The van der Waals surface area contributed by atoms with Crippen molar-refractivity contribution >= 4 is 37.4 Å². The first kappa shape index (κ1) is 15.3. The molecule has 0 aliphatic carbocycles. The van der Waals surface area contributed by atoms with Gasteiger partial charge < -0.3 is 4.90 Å². The molecule has 6 heteroatoms. The fourth-order valence-electron chi connectivity index (χ4n) is 2.26. The number of benzene rings is 1. The van der Waals surface area contributed by atoms with Gasteiger partial charge in [-0.25, -0.2) is 8.42 Å². The summed E-state index contributed by atoms with van der Waals surface area (Å²) in [4.78, 5) is 13.8. The summed E-state index contributed by atoms with van der Waals surface area (Å²) in [7, 11) is -1.39. The molecule has 0 fully saturated rings. The number of hydrogen-bond acceptors (Lipinski definition) is 3. The maximum absolute atomic E-state index is 12.2. The Morgan fingerprint density at radius 3 is 2.70 bits per heavy atom. The lowest BCUT2D eigenvalue weighted by atomic mass is 10.1. The van der Waals surface area contributed by atoms with Crippen LogP contribution in [0.4, 0.5) is 5.69 Å². The number of aryl methyl sites for hydroxylation is 1. The molecule has 1 unspecified atom stereocenters. The third kappa shape index (κ3) is 3.49. The summed E-state index contributed by atoms with van der Waals surface area (Å²) in [5, 5.41) is 1.20. The number of sulfone groups is 1. The molecule has 0 radical (unpaired) electrons. The van der Waals surface area contributed by atoms with Crippen molar-refractivity contribution in [2.45, 2.75) is 13.3 Å². The van der Waals surface area contributed by atoms with Crippen LogP contribution in [0.5, 0.6) is 0 Å². The average Bonchev–Trinajstić information content (AvgIpc) is 2.68. The van der Waals surface area contributed by atoms with Gasteiger partial charge in [0.1, 0.15) is 0 Å². The maximum Gasteiger partial charge on any atom is 0.227 e. The van der Waals surface area contributed by atoms with Crippen molar-refractivity contribution in [3.05, 3.63) is 39.7 Å². The Labute approximate surface area is 127 Å². The quantitative estimate of drug-likeness (QED) is 0.835. The summed E-state index contributed by atoms with van der Waals surface area (Å²) in [6.45, 7) is 1.93. The number of allylic oxidation sites excluding steroid dienone is 1. The first-order valence-corrected chi connectivity index (χ1v) is 8.73. The molecule has 1 aliphatic heterocycles. The molecule has 1 aliphatic rings. The number of carbonyl (C=O) groups excluding carboxylic acids is 1. The van der Waals surface area contributed by atoms with Crippen molar-refractivity contribution in [2.24, 2.45) is 5.92 Å². The number of hydrogen-bond donors (Lipinski definition) is 0. The third-order valence-electron chi connectivity index (χ3n) is 3.34. The minimum atomic E-state index is -3.10. The van der Waals surface area contributed by atoms with Gasteiger partial charge in [0, 0.05) is 35.0 Å². The van der Waals surface area contributed by atoms with Crippen molar-refractivity contribution in [1.29, 1.82) is 0 Å². The highest BCUT2D eigenvalue weighted by atomic mass is 79.9. The molecule has 2 rings (SSSR count). The van der Waals surface area contributed by atoms with E-state index in [4.69, 9.17) is 0 Å². The molecule has 4 nitrogen and oxygen atoms in total. The third-order valence-corrected chi connectivity index (χ3v) is 5.29. The normalized spacial score (nSPS) is 20.1. The second-order valence-corrected chi connectivity index (χ2v) is 7.85. The zero-order chi connectivity index (χ0) is 14.9. The van der Waals surface area contributed by atoms with Crippen LogP contribution in [0.25, 0.3) is 0 Å². The van der Waals surface area contributed by atoms with Crippen LogP contribution in [0.3, 0.4) is 0 Å². The SMILES string of the molecule is Cc1cc(Br)ccc1N(C)C(=O)CC1C=CS(=O)(=O)C1. The predicted molar refractivity (Wildman–Crippen MR) is 83.3 cm³/mol. The molecule has 0 spiro atoms. The molecule has 0 saturated heterocycles. The van der Waals surface area contributed by atoms with Crippen molar-refractivity contribution in [1.82, 2.24) is 0 Å². The number of carbonyl (C=O) groups is 1. The van der Waals surface area contributed by atoms with Gasteiger partial charge in [0.25, 0.3) is 0 Å². The van der Waals surface area contributed by atoms with Gasteiger partial charge in [-0.05, 0) is 30.7 Å². The van der Waals surface area contributed by atoms with E-state index in [1.165, 1.54) is 5.41 Å². The number of anilines is 1. The summed E-state index contributed by atoms with van der Waals surface area (Å²) in [5.74, 6) is -0.265. The topological polar surface area (TPSA) is 54.5 Å². The van der Waals surface area contributed by atoms with Gasteiger partial charge in [-0.15, -0.1) is 0 Å². The fourth-order valence-corrected chi connectivity index (χ4v) is 4.13. The van der Waals surface area contributed by atoms with Gasteiger partial charge in [-0.1, -0.05) is 22.0 Å². The van der Waals surface area contributed by atoms with E-state index < -0.39 is 9.84 Å². The highest BCUT2D eigenvalue weighted by molar-refractivity contribution is 9.10. The highest BCUT2D eigenvalue weighted by Gasteiger charge is 2.25. The van der Waals surface area contributed by atoms with Crippen LogP contribution in [-0.2, 0) is 14.6 Å². The number of nitrogens with zero attached hydrogens (tertiary/aromatic N) is 1. The first-order chi connectivity index (χ1) is 9.28. The molecule has 1 aromatic carbocycles. The molecule has 1 atom stereocenters. The van der Waals surface area contributed by atoms with Gasteiger partial charge in [0.2, 0.25) is 5.91 Å². The lowest BCUT2D eigenvalue weighted by Gasteiger charge is -2.21. The predicted octanol–water partition coefficient (Wildman–Crippen LogP) is 2.67. The standard InChI is InChI=1S/C14H16BrNO3S/c1-10-7-12(15)3-4-13(10)16(2)14(17)8-11-5-6-20(18,19)9-11/h3-7,11H,8-9H2,1-2H3. The van der Waals surface area contributed by atoms with Crippen LogP contribution in [-0.4, -0.2) is 27.1 Å². The van der Waals surface area contributed by atoms with Gasteiger partial charge in [0.05, 0.1) is 5.75 Å². The van der Waals surface area contributed by atoms with E-state index >= 15 is 0 Å². The van der Waals surface area contributed by atoms with Gasteiger partial charge >= 0.3 is 0 Å². The van der Waals surface area contributed by atoms with Crippen molar-refractivity contribution < 1.29 is 13.2 Å². The molecule has 0 bridgehead atoms. The van der Waals surface area contributed by atoms with E-state index in [2.05, 4.69) is 15.9 Å². The summed E-state index contributed by atoms with van der Waals surface area (Å²) >= 11 is 3.39. The van der Waals surface area contributed by atoms with Crippen LogP contribution in [0.15, 0.2) is 34.2 Å². The average molecular weight is 358 g/mol. The Kier molecular flexibility index (Phi) is 4.34.